The van der Waals surface area contributed by atoms with Crippen molar-refractivity contribution >= 4 is 5.84 Å². The van der Waals surface area contributed by atoms with Crippen LogP contribution in [-0.2, 0) is 6.42 Å². The van der Waals surface area contributed by atoms with Crippen molar-refractivity contribution in [1.29, 1.82) is 0 Å². The molecule has 1 aliphatic carbocycles. The second-order valence-electron chi connectivity index (χ2n) is 5.97. The van der Waals surface area contributed by atoms with Crippen LogP contribution >= 0.6 is 0 Å². The SMILES string of the molecule is Cc1ccc(C)c(CC(=NC2CCCCCC2)NN)c1. The molecule has 3 heteroatoms. The first-order chi connectivity index (χ1) is 9.69. The Bertz CT molecular complexity index is 457. The average molecular weight is 273 g/mol. The molecule has 3 N–H and O–H groups in total. The van der Waals surface area contributed by atoms with Gasteiger partial charge >= 0.3 is 0 Å². The van der Waals surface area contributed by atoms with Gasteiger partial charge in [0.1, 0.15) is 5.84 Å². The Morgan fingerprint density at radius 3 is 2.55 bits per heavy atom. The number of aliphatic imine (C=N–C) groups is 1. The molecule has 1 saturated carbocycles. The summed E-state index contributed by atoms with van der Waals surface area (Å²) in [7, 11) is 0. The van der Waals surface area contributed by atoms with Crippen molar-refractivity contribution in [3.05, 3.63) is 34.9 Å². The van der Waals surface area contributed by atoms with Crippen LogP contribution in [-0.4, -0.2) is 11.9 Å². The number of hydrogen-bond acceptors (Lipinski definition) is 2. The highest BCUT2D eigenvalue weighted by Gasteiger charge is 2.12. The minimum atomic E-state index is 0.452. The fourth-order valence-electron chi connectivity index (χ4n) is 2.91. The molecule has 0 amide bonds. The van der Waals surface area contributed by atoms with Crippen LogP contribution in [0.5, 0.6) is 0 Å². The highest BCUT2D eigenvalue weighted by molar-refractivity contribution is 5.84. The lowest BCUT2D eigenvalue weighted by Gasteiger charge is -2.14. The molecule has 1 fully saturated rings. The Labute approximate surface area is 122 Å². The highest BCUT2D eigenvalue weighted by Crippen LogP contribution is 2.20. The van der Waals surface area contributed by atoms with E-state index >= 15 is 0 Å². The Morgan fingerprint density at radius 1 is 1.20 bits per heavy atom. The smallest absolute Gasteiger partial charge is 0.115 e. The maximum Gasteiger partial charge on any atom is 0.115 e. The summed E-state index contributed by atoms with van der Waals surface area (Å²) >= 11 is 0. The van der Waals surface area contributed by atoms with Crippen molar-refractivity contribution in [2.45, 2.75) is 64.8 Å². The molecule has 1 aliphatic rings. The minimum Gasteiger partial charge on any atom is -0.312 e. The van der Waals surface area contributed by atoms with E-state index in [2.05, 4.69) is 37.5 Å². The van der Waals surface area contributed by atoms with Gasteiger partial charge in [0.05, 0.1) is 6.04 Å². The summed E-state index contributed by atoms with van der Waals surface area (Å²) in [5, 5.41) is 0. The van der Waals surface area contributed by atoms with Gasteiger partial charge < -0.3 is 5.43 Å². The quantitative estimate of drug-likeness (QED) is 0.291. The summed E-state index contributed by atoms with van der Waals surface area (Å²) in [5.41, 5.74) is 6.72. The third-order valence-electron chi connectivity index (χ3n) is 4.19. The van der Waals surface area contributed by atoms with E-state index in [0.717, 1.165) is 12.3 Å². The average Bonchev–Trinajstić information content (AvgIpc) is 2.70. The fourth-order valence-corrected chi connectivity index (χ4v) is 2.91. The molecule has 0 spiro atoms. The van der Waals surface area contributed by atoms with Crippen LogP contribution in [0.2, 0.25) is 0 Å². The molecule has 0 heterocycles. The van der Waals surface area contributed by atoms with Gasteiger partial charge in [0.25, 0.3) is 0 Å². The van der Waals surface area contributed by atoms with Gasteiger partial charge in [-0.1, -0.05) is 49.4 Å². The van der Waals surface area contributed by atoms with Crippen molar-refractivity contribution in [1.82, 2.24) is 5.43 Å². The maximum absolute atomic E-state index is 5.68. The summed E-state index contributed by atoms with van der Waals surface area (Å²) in [6, 6.07) is 7.00. The van der Waals surface area contributed by atoms with Crippen LogP contribution in [0.1, 0.15) is 55.2 Å². The van der Waals surface area contributed by atoms with E-state index in [1.54, 1.807) is 0 Å². The number of nitrogens with one attached hydrogen (secondary N) is 1. The molecule has 0 saturated heterocycles. The third kappa shape index (κ3) is 4.34. The number of hydrazine groups is 1. The van der Waals surface area contributed by atoms with Gasteiger partial charge in [0.15, 0.2) is 0 Å². The van der Waals surface area contributed by atoms with Gasteiger partial charge in [-0.15, -0.1) is 0 Å². The zero-order valence-corrected chi connectivity index (χ0v) is 12.8. The Morgan fingerprint density at radius 2 is 1.90 bits per heavy atom. The van der Waals surface area contributed by atoms with Crippen LogP contribution in [0.15, 0.2) is 23.2 Å². The van der Waals surface area contributed by atoms with Gasteiger partial charge in [-0.25, -0.2) is 5.84 Å². The van der Waals surface area contributed by atoms with Gasteiger partial charge in [0.2, 0.25) is 0 Å². The monoisotopic (exact) mass is 273 g/mol. The van der Waals surface area contributed by atoms with Crippen molar-refractivity contribution < 1.29 is 0 Å². The molecule has 0 aromatic heterocycles. The highest BCUT2D eigenvalue weighted by atomic mass is 15.3. The van der Waals surface area contributed by atoms with E-state index in [-0.39, 0.29) is 0 Å². The summed E-state index contributed by atoms with van der Waals surface area (Å²) < 4.78 is 0. The summed E-state index contributed by atoms with van der Waals surface area (Å²) in [6.45, 7) is 4.27. The van der Waals surface area contributed by atoms with E-state index in [1.165, 1.54) is 55.2 Å². The first kappa shape index (κ1) is 15.0. The standard InChI is InChI=1S/C17H27N3/c1-13-9-10-14(2)15(11-13)12-17(20-18)19-16-7-5-3-4-6-8-16/h9-11,16H,3-8,12,18H2,1-2H3,(H,19,20). The number of hydrogen-bond donors (Lipinski definition) is 2. The van der Waals surface area contributed by atoms with Gasteiger partial charge in [-0.2, -0.15) is 0 Å². The van der Waals surface area contributed by atoms with E-state index in [9.17, 15) is 0 Å². The lowest BCUT2D eigenvalue weighted by molar-refractivity contribution is 0.581. The first-order valence-corrected chi connectivity index (χ1v) is 7.78. The van der Waals surface area contributed by atoms with E-state index < -0.39 is 0 Å². The molecule has 0 bridgehead atoms. The van der Waals surface area contributed by atoms with E-state index in [4.69, 9.17) is 10.8 Å². The van der Waals surface area contributed by atoms with Crippen LogP contribution < -0.4 is 11.3 Å². The maximum atomic E-state index is 5.68. The molecule has 2 rings (SSSR count). The molecular formula is C17H27N3. The topological polar surface area (TPSA) is 50.4 Å². The fraction of sp³-hybridized carbons (Fsp3) is 0.588. The van der Waals surface area contributed by atoms with Crippen molar-refractivity contribution in [2.24, 2.45) is 10.8 Å². The first-order valence-electron chi connectivity index (χ1n) is 7.78. The molecule has 0 aliphatic heterocycles. The Kier molecular flexibility index (Phi) is 5.60. The predicted molar refractivity (Wildman–Crippen MR) is 85.9 cm³/mol. The third-order valence-corrected chi connectivity index (χ3v) is 4.19. The summed E-state index contributed by atoms with van der Waals surface area (Å²) in [5.74, 6) is 6.61. The lowest BCUT2D eigenvalue weighted by atomic mass is 10.0. The van der Waals surface area contributed by atoms with E-state index in [1.807, 2.05) is 0 Å². The zero-order chi connectivity index (χ0) is 14.4. The number of nitrogens with two attached hydrogens (primary N) is 1. The number of rotatable bonds is 3. The van der Waals surface area contributed by atoms with Crippen LogP contribution in [0, 0.1) is 13.8 Å². The largest absolute Gasteiger partial charge is 0.312 e. The number of benzene rings is 1. The molecule has 0 radical (unpaired) electrons. The van der Waals surface area contributed by atoms with Crippen molar-refractivity contribution in [3.8, 4) is 0 Å². The number of nitrogens with zero attached hydrogens (tertiary/aromatic N) is 1. The number of amidine groups is 1. The summed E-state index contributed by atoms with van der Waals surface area (Å²) in [4.78, 5) is 4.86. The molecule has 110 valence electrons. The normalized spacial score (nSPS) is 17.9. The summed E-state index contributed by atoms with van der Waals surface area (Å²) in [6.07, 6.45) is 8.53. The second kappa shape index (κ2) is 7.44. The van der Waals surface area contributed by atoms with Crippen LogP contribution in [0.3, 0.4) is 0 Å². The van der Waals surface area contributed by atoms with Gasteiger partial charge in [0, 0.05) is 6.42 Å². The molecular weight excluding hydrogens is 246 g/mol. The number of aryl methyl sites for hydroxylation is 2. The zero-order valence-electron chi connectivity index (χ0n) is 12.8. The van der Waals surface area contributed by atoms with Crippen molar-refractivity contribution in [2.75, 3.05) is 0 Å². The molecule has 1 aromatic carbocycles. The van der Waals surface area contributed by atoms with Gasteiger partial charge in [-0.3, -0.25) is 4.99 Å². The minimum absolute atomic E-state index is 0.452. The Balaban J connectivity index is 2.09. The molecule has 3 nitrogen and oxygen atoms in total. The Hall–Kier alpha value is -1.35. The van der Waals surface area contributed by atoms with Crippen LogP contribution in [0.25, 0.3) is 0 Å². The second-order valence-corrected chi connectivity index (χ2v) is 5.97. The predicted octanol–water partition coefficient (Wildman–Crippen LogP) is 3.43. The molecule has 0 atom stereocenters. The van der Waals surface area contributed by atoms with E-state index in [0.29, 0.717) is 6.04 Å². The van der Waals surface area contributed by atoms with Crippen molar-refractivity contribution in [3.63, 3.8) is 0 Å². The van der Waals surface area contributed by atoms with Gasteiger partial charge in [-0.05, 0) is 37.8 Å². The van der Waals surface area contributed by atoms with Crippen LogP contribution in [0.4, 0.5) is 0 Å². The molecule has 1 aromatic rings. The molecule has 20 heavy (non-hydrogen) atoms. The lowest BCUT2D eigenvalue weighted by Crippen LogP contribution is -2.33. The molecule has 0 unspecified atom stereocenters.